The van der Waals surface area contributed by atoms with Gasteiger partial charge >= 0.3 is 17.3 Å². The summed E-state index contributed by atoms with van der Waals surface area (Å²) in [5, 5.41) is 9.43. The summed E-state index contributed by atoms with van der Waals surface area (Å²) in [5.41, 5.74) is 0.530. The summed E-state index contributed by atoms with van der Waals surface area (Å²) < 4.78 is 7.59. The molecule has 33 heavy (non-hydrogen) atoms. The Kier molecular flexibility index (Phi) is 7.55. The van der Waals surface area contributed by atoms with Crippen LogP contribution in [0, 0.1) is 6.92 Å². The first-order chi connectivity index (χ1) is 15.7. The maximum absolute atomic E-state index is 13.0. The highest BCUT2D eigenvalue weighted by Gasteiger charge is 2.13. The van der Waals surface area contributed by atoms with E-state index >= 15 is 0 Å². The normalized spacial score (nSPS) is 12.5. The predicted molar refractivity (Wildman–Crippen MR) is 124 cm³/mol. The molecular formula is C23H25ClN4O5. The molecule has 0 fully saturated rings. The number of aromatic nitrogens is 3. The van der Waals surface area contributed by atoms with E-state index in [4.69, 9.17) is 21.4 Å². The molecule has 0 aliphatic carbocycles. The van der Waals surface area contributed by atoms with Gasteiger partial charge in [-0.05, 0) is 44.0 Å². The van der Waals surface area contributed by atoms with E-state index in [0.29, 0.717) is 21.0 Å². The molecule has 0 spiro atoms. The Labute approximate surface area is 194 Å². The number of nitrogens with one attached hydrogen (secondary N) is 1. The molecule has 1 atom stereocenters. The Morgan fingerprint density at radius 3 is 2.48 bits per heavy atom. The molecule has 1 heterocycles. The number of aryl methyl sites for hydroxylation is 1. The minimum Gasteiger partial charge on any atom is -0.489 e. The van der Waals surface area contributed by atoms with Crippen LogP contribution in [0.25, 0.3) is 0 Å². The van der Waals surface area contributed by atoms with Gasteiger partial charge in [-0.15, -0.1) is 0 Å². The van der Waals surface area contributed by atoms with Crippen molar-refractivity contribution in [3.63, 3.8) is 0 Å². The third-order valence-corrected chi connectivity index (χ3v) is 5.28. The van der Waals surface area contributed by atoms with Gasteiger partial charge in [0.1, 0.15) is 12.3 Å². The summed E-state index contributed by atoms with van der Waals surface area (Å²) >= 11 is 6.33. The third kappa shape index (κ3) is 6.01. The number of hydrogen-bond acceptors (Lipinski definition) is 5. The summed E-state index contributed by atoms with van der Waals surface area (Å²) in [5.74, 6) is -0.805. The van der Waals surface area contributed by atoms with Gasteiger partial charge in [-0.3, -0.25) is 14.3 Å². The molecule has 0 unspecified atom stereocenters. The van der Waals surface area contributed by atoms with Crippen LogP contribution in [0.15, 0.2) is 57.0 Å². The van der Waals surface area contributed by atoms with Crippen molar-refractivity contribution in [2.45, 2.75) is 46.4 Å². The van der Waals surface area contributed by atoms with E-state index in [-0.39, 0.29) is 18.3 Å². The van der Waals surface area contributed by atoms with Crippen molar-refractivity contribution in [1.82, 2.24) is 14.1 Å². The molecule has 3 aromatic rings. The lowest BCUT2D eigenvalue weighted by Crippen LogP contribution is -2.50. The van der Waals surface area contributed by atoms with Crippen molar-refractivity contribution in [1.29, 1.82) is 0 Å². The minimum absolute atomic E-state index is 0.0138. The molecule has 2 N–H and O–H groups in total. The first-order valence-electron chi connectivity index (χ1n) is 10.4. The van der Waals surface area contributed by atoms with Gasteiger partial charge in [-0.1, -0.05) is 48.4 Å². The number of carboxylic acid groups (broad SMARTS) is 1. The van der Waals surface area contributed by atoms with Gasteiger partial charge in [-0.2, -0.15) is 0 Å². The fourth-order valence-electron chi connectivity index (χ4n) is 3.01. The highest BCUT2D eigenvalue weighted by Crippen LogP contribution is 2.29. The van der Waals surface area contributed by atoms with Gasteiger partial charge < -0.3 is 9.84 Å². The van der Waals surface area contributed by atoms with Crippen molar-refractivity contribution in [2.75, 3.05) is 0 Å². The molecule has 0 saturated heterocycles. The molecule has 3 rings (SSSR count). The number of benzene rings is 2. The van der Waals surface area contributed by atoms with Crippen LogP contribution in [0.3, 0.4) is 0 Å². The van der Waals surface area contributed by atoms with Crippen molar-refractivity contribution in [2.24, 2.45) is 4.99 Å². The highest BCUT2D eigenvalue weighted by molar-refractivity contribution is 6.32. The maximum Gasteiger partial charge on any atom is 0.335 e. The van der Waals surface area contributed by atoms with E-state index in [0.717, 1.165) is 17.5 Å². The van der Waals surface area contributed by atoms with E-state index < -0.39 is 23.9 Å². The lowest BCUT2D eigenvalue weighted by atomic mass is 10.1. The molecule has 0 aliphatic heterocycles. The number of aliphatic carboxylic acids is 1. The monoisotopic (exact) mass is 472 g/mol. The zero-order chi connectivity index (χ0) is 24.1. The summed E-state index contributed by atoms with van der Waals surface area (Å²) in [6.07, 6.45) is 0.801. The van der Waals surface area contributed by atoms with E-state index in [2.05, 4.69) is 9.98 Å². The SMILES string of the molecule is CC[C@H](C)Oc1ccc(/N=c2\[nH]c(=O)n(CC(=O)O)c(=O)n2Cc2ccc(C)cc2)cc1Cl. The number of halogens is 1. The summed E-state index contributed by atoms with van der Waals surface area (Å²) in [7, 11) is 0. The average Bonchev–Trinajstić information content (AvgIpc) is 2.76. The number of carbonyl (C=O) groups is 1. The average molecular weight is 473 g/mol. The van der Waals surface area contributed by atoms with Gasteiger partial charge in [0.15, 0.2) is 0 Å². The number of H-pyrrole nitrogens is 1. The Morgan fingerprint density at radius 1 is 1.18 bits per heavy atom. The highest BCUT2D eigenvalue weighted by atomic mass is 35.5. The minimum atomic E-state index is -1.31. The lowest BCUT2D eigenvalue weighted by molar-refractivity contribution is -0.137. The van der Waals surface area contributed by atoms with Gasteiger partial charge in [0, 0.05) is 0 Å². The molecule has 0 amide bonds. The van der Waals surface area contributed by atoms with Crippen molar-refractivity contribution < 1.29 is 14.6 Å². The number of carboxylic acids is 1. The first kappa shape index (κ1) is 24.1. The third-order valence-electron chi connectivity index (χ3n) is 4.99. The van der Waals surface area contributed by atoms with Gasteiger partial charge in [-0.25, -0.2) is 19.1 Å². The molecule has 10 heteroatoms. The molecule has 0 aliphatic rings. The van der Waals surface area contributed by atoms with Crippen LogP contribution in [0.1, 0.15) is 31.4 Å². The quantitative estimate of drug-likeness (QED) is 0.522. The van der Waals surface area contributed by atoms with Crippen LogP contribution in [-0.2, 0) is 17.9 Å². The molecule has 174 valence electrons. The topological polar surface area (TPSA) is 119 Å². The van der Waals surface area contributed by atoms with Crippen molar-refractivity contribution in [3.8, 4) is 5.75 Å². The van der Waals surface area contributed by atoms with Crippen LogP contribution in [0.2, 0.25) is 5.02 Å². The second-order valence-electron chi connectivity index (χ2n) is 7.65. The van der Waals surface area contributed by atoms with E-state index in [1.165, 1.54) is 4.57 Å². The molecular weight excluding hydrogens is 448 g/mol. The fourth-order valence-corrected chi connectivity index (χ4v) is 3.23. The summed E-state index contributed by atoms with van der Waals surface area (Å²) in [6.45, 7) is 5.18. The second kappa shape index (κ2) is 10.4. The lowest BCUT2D eigenvalue weighted by Gasteiger charge is -2.14. The van der Waals surface area contributed by atoms with Crippen molar-refractivity contribution in [3.05, 3.63) is 85.2 Å². The zero-order valence-electron chi connectivity index (χ0n) is 18.5. The Morgan fingerprint density at radius 2 is 1.88 bits per heavy atom. The maximum atomic E-state index is 13.0. The van der Waals surface area contributed by atoms with Crippen LogP contribution in [-0.4, -0.2) is 31.3 Å². The second-order valence-corrected chi connectivity index (χ2v) is 8.06. The molecule has 0 saturated carbocycles. The molecule has 0 bridgehead atoms. The smallest absolute Gasteiger partial charge is 0.335 e. The van der Waals surface area contributed by atoms with E-state index in [9.17, 15) is 14.4 Å². The molecule has 1 aromatic heterocycles. The van der Waals surface area contributed by atoms with Crippen LogP contribution < -0.4 is 21.7 Å². The summed E-state index contributed by atoms with van der Waals surface area (Å²) in [4.78, 5) is 43.5. The van der Waals surface area contributed by atoms with Crippen LogP contribution in [0.4, 0.5) is 5.69 Å². The molecule has 9 nitrogen and oxygen atoms in total. The predicted octanol–water partition coefficient (Wildman–Crippen LogP) is 2.84. The molecule has 2 aromatic carbocycles. The van der Waals surface area contributed by atoms with Gasteiger partial charge in [0.05, 0.1) is 23.4 Å². The Bertz CT molecular complexity index is 1340. The van der Waals surface area contributed by atoms with Crippen LogP contribution in [0.5, 0.6) is 5.75 Å². The first-order valence-corrected chi connectivity index (χ1v) is 10.8. The number of ether oxygens (including phenoxy) is 1. The number of nitrogens with zero attached hydrogens (tertiary/aromatic N) is 3. The zero-order valence-corrected chi connectivity index (χ0v) is 19.3. The van der Waals surface area contributed by atoms with Gasteiger partial charge in [0.2, 0.25) is 5.62 Å². The summed E-state index contributed by atoms with van der Waals surface area (Å²) in [6, 6.07) is 12.4. The molecule has 0 radical (unpaired) electrons. The van der Waals surface area contributed by atoms with E-state index in [1.807, 2.05) is 45.0 Å². The van der Waals surface area contributed by atoms with E-state index in [1.54, 1.807) is 18.2 Å². The standard InChI is InChI=1S/C23H25ClN4O5/c1-4-15(3)33-19-10-9-17(11-18(19)24)25-21-26-22(31)28(13-20(29)30)23(32)27(21)12-16-7-5-14(2)6-8-16/h5-11,15H,4,12-13H2,1-3H3,(H,29,30)(H,25,26,31)/t15-/m0/s1. The van der Waals surface area contributed by atoms with Gasteiger partial charge in [0.25, 0.3) is 0 Å². The number of rotatable bonds is 8. The van der Waals surface area contributed by atoms with Crippen LogP contribution >= 0.6 is 11.6 Å². The fraction of sp³-hybridized carbons (Fsp3) is 0.304. The Hall–Kier alpha value is -3.59. The number of hydrogen-bond donors (Lipinski definition) is 2. The Balaban J connectivity index is 2.13. The largest absolute Gasteiger partial charge is 0.489 e. The number of aromatic amines is 1. The van der Waals surface area contributed by atoms with Crippen molar-refractivity contribution >= 4 is 23.3 Å².